The molecule has 0 radical (unpaired) electrons. The molecule has 1 aliphatic heterocycles. The predicted octanol–water partition coefficient (Wildman–Crippen LogP) is 2.88. The molecule has 0 aromatic rings. The first-order chi connectivity index (χ1) is 9.72. The van der Waals surface area contributed by atoms with Crippen LogP contribution in [0.3, 0.4) is 0 Å². The average Bonchev–Trinajstić information content (AvgIpc) is 2.89. The molecule has 21 heavy (non-hydrogen) atoms. The molecule has 3 nitrogen and oxygen atoms in total. The molecule has 3 heteroatoms. The zero-order chi connectivity index (χ0) is 15.7. The van der Waals surface area contributed by atoms with Gasteiger partial charge in [0.15, 0.2) is 0 Å². The summed E-state index contributed by atoms with van der Waals surface area (Å²) in [6.07, 6.45) is 4.73. The number of hydrogen-bond acceptors (Lipinski definition) is 3. The van der Waals surface area contributed by atoms with E-state index in [2.05, 4.69) is 44.8 Å². The minimum Gasteiger partial charge on any atom is -0.393 e. The van der Waals surface area contributed by atoms with Gasteiger partial charge in [-0.1, -0.05) is 20.3 Å². The summed E-state index contributed by atoms with van der Waals surface area (Å²) in [6, 6.07) is 0. The third-order valence-corrected chi connectivity index (χ3v) is 5.40. The summed E-state index contributed by atoms with van der Waals surface area (Å²) < 4.78 is 0. The average molecular weight is 296 g/mol. The van der Waals surface area contributed by atoms with Gasteiger partial charge in [-0.25, -0.2) is 0 Å². The topological polar surface area (TPSA) is 35.5 Å². The molecule has 1 saturated carbocycles. The second-order valence-corrected chi connectivity index (χ2v) is 8.93. The summed E-state index contributed by atoms with van der Waals surface area (Å²) in [6.45, 7) is 16.0. The van der Waals surface area contributed by atoms with Gasteiger partial charge in [-0.15, -0.1) is 0 Å². The van der Waals surface area contributed by atoms with E-state index in [-0.39, 0.29) is 11.6 Å². The zero-order valence-corrected chi connectivity index (χ0v) is 14.8. The molecular weight excluding hydrogens is 260 g/mol. The van der Waals surface area contributed by atoms with Crippen LogP contribution in [0.2, 0.25) is 0 Å². The Labute approximate surface area is 131 Å². The van der Waals surface area contributed by atoms with Gasteiger partial charge in [0.25, 0.3) is 0 Å². The van der Waals surface area contributed by atoms with E-state index < -0.39 is 0 Å². The van der Waals surface area contributed by atoms with Crippen molar-refractivity contribution in [2.45, 2.75) is 71.9 Å². The molecular formula is C18H36N2O. The fraction of sp³-hybridized carbons (Fsp3) is 1.00. The van der Waals surface area contributed by atoms with Gasteiger partial charge in [0.05, 0.1) is 6.10 Å². The lowest BCUT2D eigenvalue weighted by molar-refractivity contribution is 0.111. The lowest BCUT2D eigenvalue weighted by Gasteiger charge is -2.37. The number of nitrogens with zero attached hydrogens (tertiary/aromatic N) is 1. The summed E-state index contributed by atoms with van der Waals surface area (Å²) in [5.74, 6) is 1.30. The predicted molar refractivity (Wildman–Crippen MR) is 89.4 cm³/mol. The summed E-state index contributed by atoms with van der Waals surface area (Å²) >= 11 is 0. The van der Waals surface area contributed by atoms with Crippen molar-refractivity contribution in [2.24, 2.45) is 17.3 Å². The lowest BCUT2D eigenvalue weighted by Crippen LogP contribution is -2.47. The van der Waals surface area contributed by atoms with Crippen LogP contribution in [0.1, 0.15) is 60.3 Å². The maximum atomic E-state index is 10.1. The van der Waals surface area contributed by atoms with Crippen molar-refractivity contribution in [3.63, 3.8) is 0 Å². The van der Waals surface area contributed by atoms with Crippen molar-refractivity contribution in [3.8, 4) is 0 Å². The Kier molecular flexibility index (Phi) is 5.38. The van der Waals surface area contributed by atoms with Crippen molar-refractivity contribution in [1.82, 2.24) is 10.2 Å². The Morgan fingerprint density at radius 1 is 1.14 bits per heavy atom. The van der Waals surface area contributed by atoms with Gasteiger partial charge in [-0.05, 0) is 51.4 Å². The Balaban J connectivity index is 1.90. The fourth-order valence-electron chi connectivity index (χ4n) is 4.30. The van der Waals surface area contributed by atoms with Gasteiger partial charge < -0.3 is 15.3 Å². The van der Waals surface area contributed by atoms with E-state index in [1.54, 1.807) is 0 Å². The highest BCUT2D eigenvalue weighted by molar-refractivity contribution is 4.95. The molecule has 124 valence electrons. The Morgan fingerprint density at radius 2 is 1.86 bits per heavy atom. The summed E-state index contributed by atoms with van der Waals surface area (Å²) in [4.78, 5) is 2.62. The molecule has 1 aliphatic carbocycles. The monoisotopic (exact) mass is 296 g/mol. The van der Waals surface area contributed by atoms with E-state index in [4.69, 9.17) is 0 Å². The highest BCUT2D eigenvalue weighted by Gasteiger charge is 2.43. The first kappa shape index (κ1) is 17.2. The number of nitrogens with one attached hydrogen (secondary N) is 1. The Hall–Kier alpha value is -0.120. The second-order valence-electron chi connectivity index (χ2n) is 8.93. The summed E-state index contributed by atoms with van der Waals surface area (Å²) in [5, 5.41) is 13.8. The van der Waals surface area contributed by atoms with Crippen LogP contribution in [0.5, 0.6) is 0 Å². The molecule has 0 amide bonds. The number of rotatable bonds is 6. The fourth-order valence-corrected chi connectivity index (χ4v) is 4.30. The van der Waals surface area contributed by atoms with Crippen LogP contribution in [0.25, 0.3) is 0 Å². The largest absolute Gasteiger partial charge is 0.393 e. The van der Waals surface area contributed by atoms with Gasteiger partial charge in [0.2, 0.25) is 0 Å². The Morgan fingerprint density at radius 3 is 2.43 bits per heavy atom. The normalized spacial score (nSPS) is 33.1. The van der Waals surface area contributed by atoms with E-state index in [0.717, 1.165) is 25.4 Å². The minimum atomic E-state index is -0.0369. The van der Waals surface area contributed by atoms with E-state index in [1.807, 2.05) is 0 Å². The van der Waals surface area contributed by atoms with Crippen molar-refractivity contribution in [1.29, 1.82) is 0 Å². The molecule has 2 rings (SSSR count). The third kappa shape index (κ3) is 4.67. The van der Waals surface area contributed by atoms with Crippen LogP contribution < -0.4 is 5.32 Å². The van der Waals surface area contributed by atoms with Crippen molar-refractivity contribution in [3.05, 3.63) is 0 Å². The molecule has 1 saturated heterocycles. The number of aliphatic hydroxyl groups excluding tert-OH is 1. The number of hydrogen-bond donors (Lipinski definition) is 2. The highest BCUT2D eigenvalue weighted by atomic mass is 16.3. The molecule has 2 fully saturated rings. The maximum Gasteiger partial charge on any atom is 0.0583 e. The molecule has 2 aliphatic rings. The first-order valence-corrected chi connectivity index (χ1v) is 8.88. The molecule has 2 N–H and O–H groups in total. The van der Waals surface area contributed by atoms with Gasteiger partial charge in [-0.2, -0.15) is 0 Å². The van der Waals surface area contributed by atoms with E-state index in [0.29, 0.717) is 11.3 Å². The van der Waals surface area contributed by atoms with Gasteiger partial charge in [0, 0.05) is 37.6 Å². The van der Waals surface area contributed by atoms with Crippen molar-refractivity contribution in [2.75, 3.05) is 26.2 Å². The zero-order valence-electron chi connectivity index (χ0n) is 14.8. The van der Waals surface area contributed by atoms with Crippen LogP contribution in [-0.2, 0) is 0 Å². The molecule has 4 atom stereocenters. The smallest absolute Gasteiger partial charge is 0.0583 e. The van der Waals surface area contributed by atoms with E-state index in [1.165, 1.54) is 32.4 Å². The van der Waals surface area contributed by atoms with Gasteiger partial charge in [0.1, 0.15) is 0 Å². The SMILES string of the molecule is CCCC(C)(CNC(C)(C)C)CN1CC2CCC(O)C2C1. The van der Waals surface area contributed by atoms with Crippen LogP contribution in [-0.4, -0.2) is 47.8 Å². The highest BCUT2D eigenvalue weighted by Crippen LogP contribution is 2.39. The first-order valence-electron chi connectivity index (χ1n) is 8.88. The molecule has 0 aromatic carbocycles. The lowest BCUT2D eigenvalue weighted by atomic mass is 9.84. The number of aliphatic hydroxyl groups is 1. The second kappa shape index (κ2) is 6.55. The van der Waals surface area contributed by atoms with E-state index in [9.17, 15) is 5.11 Å². The van der Waals surface area contributed by atoms with Gasteiger partial charge >= 0.3 is 0 Å². The third-order valence-electron chi connectivity index (χ3n) is 5.40. The summed E-state index contributed by atoms with van der Waals surface area (Å²) in [5.41, 5.74) is 0.526. The van der Waals surface area contributed by atoms with Crippen LogP contribution >= 0.6 is 0 Å². The quantitative estimate of drug-likeness (QED) is 0.791. The maximum absolute atomic E-state index is 10.1. The van der Waals surface area contributed by atoms with Gasteiger partial charge in [-0.3, -0.25) is 0 Å². The minimum absolute atomic E-state index is 0.0369. The number of likely N-dealkylation sites (tertiary alicyclic amines) is 1. The van der Waals surface area contributed by atoms with Crippen LogP contribution in [0.4, 0.5) is 0 Å². The molecule has 0 spiro atoms. The Bertz CT molecular complexity index is 339. The van der Waals surface area contributed by atoms with Crippen LogP contribution in [0.15, 0.2) is 0 Å². The van der Waals surface area contributed by atoms with E-state index >= 15 is 0 Å². The molecule has 4 unspecified atom stereocenters. The standard InChI is InChI=1S/C18H36N2O/c1-6-9-18(5,12-19-17(2,3)4)13-20-10-14-7-8-16(21)15(14)11-20/h14-16,19,21H,6-13H2,1-5H3. The molecule has 0 aromatic heterocycles. The molecule has 1 heterocycles. The summed E-state index contributed by atoms with van der Waals surface area (Å²) in [7, 11) is 0. The number of fused-ring (bicyclic) bond motifs is 1. The van der Waals surface area contributed by atoms with Crippen molar-refractivity contribution < 1.29 is 5.11 Å². The van der Waals surface area contributed by atoms with Crippen LogP contribution in [0, 0.1) is 17.3 Å². The molecule has 0 bridgehead atoms. The van der Waals surface area contributed by atoms with Crippen molar-refractivity contribution >= 4 is 0 Å².